The van der Waals surface area contributed by atoms with Crippen molar-refractivity contribution in [2.24, 2.45) is 0 Å². The standard InChI is InChI=1S/C16H16O2Te/c1-19-12-11-13-7-9-14(10-8-13)16(17)18-15-5-3-2-4-6-15/h2-10H,11-12H2,1H3. The van der Waals surface area contributed by atoms with Gasteiger partial charge in [-0.2, -0.15) is 0 Å². The first-order valence-corrected chi connectivity index (χ1v) is 10.1. The summed E-state index contributed by atoms with van der Waals surface area (Å²) in [6.07, 6.45) is 1.12. The van der Waals surface area contributed by atoms with Gasteiger partial charge in [0.1, 0.15) is 0 Å². The molecule has 0 saturated heterocycles. The van der Waals surface area contributed by atoms with Crippen LogP contribution in [0.2, 0.25) is 9.44 Å². The number of benzene rings is 2. The van der Waals surface area contributed by atoms with E-state index in [1.807, 2.05) is 42.5 Å². The summed E-state index contributed by atoms with van der Waals surface area (Å²) in [6, 6.07) is 16.9. The molecule has 0 aromatic heterocycles. The van der Waals surface area contributed by atoms with Crippen LogP contribution in [0, 0.1) is 0 Å². The maximum atomic E-state index is 11.9. The molecular weight excluding hydrogens is 352 g/mol. The van der Waals surface area contributed by atoms with E-state index < -0.39 is 0 Å². The fourth-order valence-electron chi connectivity index (χ4n) is 1.68. The molecular formula is C16H16O2Te. The van der Waals surface area contributed by atoms with Gasteiger partial charge in [0, 0.05) is 0 Å². The van der Waals surface area contributed by atoms with E-state index in [9.17, 15) is 4.79 Å². The average molecular weight is 368 g/mol. The van der Waals surface area contributed by atoms with Crippen LogP contribution in [-0.2, 0) is 6.42 Å². The van der Waals surface area contributed by atoms with Crippen molar-refractivity contribution in [1.29, 1.82) is 0 Å². The van der Waals surface area contributed by atoms with Crippen LogP contribution < -0.4 is 4.74 Å². The van der Waals surface area contributed by atoms with Gasteiger partial charge in [0.15, 0.2) is 0 Å². The molecule has 0 aliphatic heterocycles. The Morgan fingerprint density at radius 1 is 1.05 bits per heavy atom. The third-order valence-electron chi connectivity index (χ3n) is 2.74. The maximum absolute atomic E-state index is 11.9. The Bertz CT molecular complexity index is 520. The van der Waals surface area contributed by atoms with Gasteiger partial charge in [-0.3, -0.25) is 0 Å². The molecule has 19 heavy (non-hydrogen) atoms. The second-order valence-electron chi connectivity index (χ2n) is 4.14. The number of hydrogen-bond donors (Lipinski definition) is 0. The molecule has 0 atom stereocenters. The van der Waals surface area contributed by atoms with Crippen LogP contribution in [-0.4, -0.2) is 26.9 Å². The minimum atomic E-state index is -0.304. The summed E-state index contributed by atoms with van der Waals surface area (Å²) in [7, 11) is 0. The Morgan fingerprint density at radius 3 is 2.37 bits per heavy atom. The molecule has 2 rings (SSSR count). The van der Waals surface area contributed by atoms with Crippen molar-refractivity contribution in [3.05, 3.63) is 65.7 Å². The number of aryl methyl sites for hydroxylation is 1. The van der Waals surface area contributed by atoms with Crippen LogP contribution in [0.5, 0.6) is 5.75 Å². The van der Waals surface area contributed by atoms with Crippen LogP contribution in [0.25, 0.3) is 0 Å². The number of hydrogen-bond acceptors (Lipinski definition) is 2. The molecule has 0 aliphatic rings. The van der Waals surface area contributed by atoms with E-state index in [4.69, 9.17) is 4.74 Å². The van der Waals surface area contributed by atoms with Crippen LogP contribution in [0.15, 0.2) is 54.6 Å². The van der Waals surface area contributed by atoms with Gasteiger partial charge in [-0.05, 0) is 0 Å². The number of carbonyl (C=O) groups is 1. The van der Waals surface area contributed by atoms with Gasteiger partial charge in [-0.25, -0.2) is 0 Å². The second-order valence-corrected chi connectivity index (χ2v) is 6.96. The summed E-state index contributed by atoms with van der Waals surface area (Å²) in [5, 5.41) is 0. The molecule has 0 fully saturated rings. The summed E-state index contributed by atoms with van der Waals surface area (Å²) in [4.78, 5) is 14.2. The van der Waals surface area contributed by atoms with E-state index in [-0.39, 0.29) is 26.9 Å². The molecule has 0 unspecified atom stereocenters. The van der Waals surface area contributed by atoms with Gasteiger partial charge in [-0.15, -0.1) is 0 Å². The second kappa shape index (κ2) is 7.33. The van der Waals surface area contributed by atoms with E-state index in [0.29, 0.717) is 11.3 Å². The molecule has 3 heteroatoms. The number of rotatable bonds is 5. The van der Waals surface area contributed by atoms with E-state index in [1.54, 1.807) is 12.1 Å². The molecule has 0 heterocycles. The molecule has 2 aromatic carbocycles. The fraction of sp³-hybridized carbons (Fsp3) is 0.188. The van der Waals surface area contributed by atoms with Gasteiger partial charge in [0.2, 0.25) is 0 Å². The Labute approximate surface area is 123 Å². The third kappa shape index (κ3) is 4.38. The molecule has 2 nitrogen and oxygen atoms in total. The van der Waals surface area contributed by atoms with Gasteiger partial charge in [-0.1, -0.05) is 0 Å². The van der Waals surface area contributed by atoms with E-state index in [1.165, 1.54) is 10.0 Å². The molecule has 0 amide bonds. The normalized spacial score (nSPS) is 10.2. The summed E-state index contributed by atoms with van der Waals surface area (Å²) < 4.78 is 6.59. The number of para-hydroxylation sites is 1. The molecule has 0 aliphatic carbocycles. The average Bonchev–Trinajstić information content (AvgIpc) is 2.46. The van der Waals surface area contributed by atoms with Gasteiger partial charge in [0.05, 0.1) is 0 Å². The Hall–Kier alpha value is -1.30. The predicted octanol–water partition coefficient (Wildman–Crippen LogP) is 3.62. The van der Waals surface area contributed by atoms with E-state index >= 15 is 0 Å². The van der Waals surface area contributed by atoms with Crippen molar-refractivity contribution in [2.45, 2.75) is 15.9 Å². The van der Waals surface area contributed by atoms with Gasteiger partial charge < -0.3 is 0 Å². The SMILES string of the molecule is C[Te]CCc1ccc(C(=O)Oc2ccccc2)cc1. The van der Waals surface area contributed by atoms with Crippen LogP contribution >= 0.6 is 0 Å². The first-order valence-electron chi connectivity index (χ1n) is 6.14. The van der Waals surface area contributed by atoms with E-state index in [2.05, 4.69) is 4.97 Å². The summed E-state index contributed by atoms with van der Waals surface area (Å²) in [5.41, 5.74) is 1.89. The zero-order valence-corrected chi connectivity index (χ0v) is 13.2. The molecule has 0 bridgehead atoms. The van der Waals surface area contributed by atoms with E-state index in [0.717, 1.165) is 6.42 Å². The number of carbonyl (C=O) groups excluding carboxylic acids is 1. The molecule has 2 aromatic rings. The Balaban J connectivity index is 1.99. The first-order chi connectivity index (χ1) is 9.29. The monoisotopic (exact) mass is 370 g/mol. The topological polar surface area (TPSA) is 26.3 Å². The van der Waals surface area contributed by atoms with Gasteiger partial charge in [0.25, 0.3) is 0 Å². The van der Waals surface area contributed by atoms with Crippen molar-refractivity contribution in [1.82, 2.24) is 0 Å². The van der Waals surface area contributed by atoms with Crippen LogP contribution in [0.3, 0.4) is 0 Å². The minimum absolute atomic E-state index is 0.182. The summed E-state index contributed by atoms with van der Waals surface area (Å²) in [6.45, 7) is 0. The molecule has 0 spiro atoms. The number of esters is 1. The van der Waals surface area contributed by atoms with Crippen molar-refractivity contribution < 1.29 is 9.53 Å². The molecule has 98 valence electrons. The Morgan fingerprint density at radius 2 is 1.74 bits per heavy atom. The third-order valence-corrected chi connectivity index (χ3v) is 4.49. The van der Waals surface area contributed by atoms with Crippen molar-refractivity contribution in [3.63, 3.8) is 0 Å². The van der Waals surface area contributed by atoms with Crippen LogP contribution in [0.4, 0.5) is 0 Å². The summed E-state index contributed by atoms with van der Waals surface area (Å²) in [5.74, 6) is 0.273. The first kappa shape index (κ1) is 14.1. The van der Waals surface area contributed by atoms with Crippen LogP contribution in [0.1, 0.15) is 15.9 Å². The Kier molecular flexibility index (Phi) is 5.44. The molecule has 0 radical (unpaired) electrons. The molecule has 0 saturated carbocycles. The zero-order valence-electron chi connectivity index (χ0n) is 10.8. The fourth-order valence-corrected chi connectivity index (χ4v) is 2.94. The zero-order chi connectivity index (χ0) is 13.5. The van der Waals surface area contributed by atoms with Crippen molar-refractivity contribution >= 4 is 26.9 Å². The predicted molar refractivity (Wildman–Crippen MR) is 78.0 cm³/mol. The number of ether oxygens (including phenoxy) is 1. The molecule has 0 N–H and O–H groups in total. The quantitative estimate of drug-likeness (QED) is 0.458. The van der Waals surface area contributed by atoms with Crippen molar-refractivity contribution in [2.75, 3.05) is 0 Å². The van der Waals surface area contributed by atoms with Crippen molar-refractivity contribution in [3.8, 4) is 5.75 Å². The summed E-state index contributed by atoms with van der Waals surface area (Å²) >= 11 is 0.182. The van der Waals surface area contributed by atoms with Gasteiger partial charge >= 0.3 is 124 Å².